The number of ether oxygens (including phenoxy) is 3. The fourth-order valence-corrected chi connectivity index (χ4v) is 4.51. The predicted molar refractivity (Wildman–Crippen MR) is 133 cm³/mol. The number of amides is 1. The number of nitrogens with zero attached hydrogens (tertiary/aromatic N) is 4. The highest BCUT2D eigenvalue weighted by atomic mass is 16.5. The summed E-state index contributed by atoms with van der Waals surface area (Å²) in [6, 6.07) is 11.2. The average molecular weight is 493 g/mol. The van der Waals surface area contributed by atoms with Gasteiger partial charge >= 0.3 is 5.97 Å². The Morgan fingerprint density at radius 3 is 2.67 bits per heavy atom. The number of benzene rings is 1. The van der Waals surface area contributed by atoms with Crippen molar-refractivity contribution in [2.24, 2.45) is 0 Å². The molecular formula is C27H32N4O5. The van der Waals surface area contributed by atoms with Gasteiger partial charge in [0.1, 0.15) is 24.2 Å². The molecule has 1 aliphatic heterocycles. The number of methoxy groups -OCH3 is 2. The molecule has 1 atom stereocenters. The van der Waals surface area contributed by atoms with Crippen molar-refractivity contribution in [3.05, 3.63) is 52.7 Å². The first-order valence-corrected chi connectivity index (χ1v) is 12.2. The van der Waals surface area contributed by atoms with Crippen LogP contribution in [0, 0.1) is 11.3 Å². The predicted octanol–water partition coefficient (Wildman–Crippen LogP) is 3.27. The average Bonchev–Trinajstić information content (AvgIpc) is 3.75. The van der Waals surface area contributed by atoms with Crippen LogP contribution in [-0.2, 0) is 20.9 Å². The molecule has 1 aromatic carbocycles. The van der Waals surface area contributed by atoms with Crippen molar-refractivity contribution in [2.45, 2.75) is 44.8 Å². The lowest BCUT2D eigenvalue weighted by Crippen LogP contribution is -2.54. The number of nitriles is 1. The van der Waals surface area contributed by atoms with Gasteiger partial charge in [-0.1, -0.05) is 12.1 Å². The Morgan fingerprint density at radius 2 is 2.00 bits per heavy atom. The van der Waals surface area contributed by atoms with E-state index in [9.17, 15) is 14.9 Å². The van der Waals surface area contributed by atoms with Crippen molar-refractivity contribution in [2.75, 3.05) is 45.4 Å². The zero-order valence-electron chi connectivity index (χ0n) is 21.0. The maximum Gasteiger partial charge on any atom is 0.337 e. The Labute approximate surface area is 211 Å². The molecule has 0 unspecified atom stereocenters. The molecule has 0 N–H and O–H groups in total. The van der Waals surface area contributed by atoms with Crippen LogP contribution in [0.5, 0.6) is 5.75 Å². The number of piperazine rings is 1. The summed E-state index contributed by atoms with van der Waals surface area (Å²) >= 11 is 0. The second-order valence-electron chi connectivity index (χ2n) is 9.23. The third kappa shape index (κ3) is 5.77. The number of hydrogen-bond donors (Lipinski definition) is 0. The first-order valence-electron chi connectivity index (χ1n) is 12.2. The van der Waals surface area contributed by atoms with Crippen LogP contribution in [-0.4, -0.2) is 68.3 Å². The normalized spacial score (nSPS) is 17.4. The fourth-order valence-electron chi connectivity index (χ4n) is 4.51. The molecule has 0 bridgehead atoms. The van der Waals surface area contributed by atoms with E-state index in [-0.39, 0.29) is 18.6 Å². The molecule has 1 saturated heterocycles. The molecule has 9 heteroatoms. The Morgan fingerprint density at radius 1 is 1.19 bits per heavy atom. The van der Waals surface area contributed by atoms with Crippen LogP contribution in [0.4, 0.5) is 5.82 Å². The van der Waals surface area contributed by atoms with E-state index < -0.39 is 5.97 Å². The first kappa shape index (κ1) is 25.5. The fraction of sp³-hybridized carbons (Fsp3) is 0.481. The van der Waals surface area contributed by atoms with E-state index in [0.29, 0.717) is 61.3 Å². The van der Waals surface area contributed by atoms with Crippen LogP contribution < -0.4 is 9.64 Å². The minimum Gasteiger partial charge on any atom is -0.487 e. The summed E-state index contributed by atoms with van der Waals surface area (Å²) < 4.78 is 16.0. The molecule has 2 fully saturated rings. The number of carbonyl (C=O) groups excluding carboxylic acids is 2. The lowest BCUT2D eigenvalue weighted by atomic mass is 10.1. The molecular weight excluding hydrogens is 460 g/mol. The van der Waals surface area contributed by atoms with Gasteiger partial charge in [-0.15, -0.1) is 0 Å². The van der Waals surface area contributed by atoms with Crippen molar-refractivity contribution in [3.8, 4) is 11.8 Å². The molecule has 1 amide bonds. The minimum atomic E-state index is -0.400. The Hall–Kier alpha value is -3.64. The zero-order valence-corrected chi connectivity index (χ0v) is 21.0. The van der Waals surface area contributed by atoms with E-state index in [1.807, 2.05) is 17.9 Å². The quantitative estimate of drug-likeness (QED) is 0.491. The maximum absolute atomic E-state index is 12.5. The summed E-state index contributed by atoms with van der Waals surface area (Å²) in [5.74, 6) is 1.24. The van der Waals surface area contributed by atoms with Crippen LogP contribution in [0.1, 0.15) is 59.3 Å². The molecule has 4 rings (SSSR count). The Bertz CT molecular complexity index is 1160. The van der Waals surface area contributed by atoms with E-state index in [1.54, 1.807) is 31.4 Å². The third-order valence-electron chi connectivity index (χ3n) is 6.59. The molecule has 0 spiro atoms. The van der Waals surface area contributed by atoms with E-state index in [2.05, 4.69) is 11.0 Å². The van der Waals surface area contributed by atoms with E-state index >= 15 is 0 Å². The molecule has 2 heterocycles. The van der Waals surface area contributed by atoms with Crippen molar-refractivity contribution in [1.82, 2.24) is 9.88 Å². The lowest BCUT2D eigenvalue weighted by Gasteiger charge is -2.40. The van der Waals surface area contributed by atoms with Gasteiger partial charge in [0.25, 0.3) is 0 Å². The number of hydrogen-bond acceptors (Lipinski definition) is 8. The summed E-state index contributed by atoms with van der Waals surface area (Å²) in [7, 11) is 2.94. The minimum absolute atomic E-state index is 0.00108. The summed E-state index contributed by atoms with van der Waals surface area (Å²) in [4.78, 5) is 33.3. The van der Waals surface area contributed by atoms with Gasteiger partial charge in [-0.05, 0) is 37.5 Å². The maximum atomic E-state index is 12.5. The largest absolute Gasteiger partial charge is 0.487 e. The first-order chi connectivity index (χ1) is 17.4. The number of esters is 1. The van der Waals surface area contributed by atoms with Crippen LogP contribution in [0.2, 0.25) is 0 Å². The second kappa shape index (κ2) is 11.4. The zero-order chi connectivity index (χ0) is 25.7. The molecule has 2 aromatic rings. The smallest absolute Gasteiger partial charge is 0.337 e. The Kier molecular flexibility index (Phi) is 8.06. The van der Waals surface area contributed by atoms with Crippen molar-refractivity contribution >= 4 is 17.7 Å². The summed E-state index contributed by atoms with van der Waals surface area (Å²) in [6.07, 6.45) is 2.43. The second-order valence-corrected chi connectivity index (χ2v) is 9.23. The van der Waals surface area contributed by atoms with Crippen molar-refractivity contribution < 1.29 is 23.8 Å². The highest BCUT2D eigenvalue weighted by Gasteiger charge is 2.33. The molecule has 2 aliphatic rings. The van der Waals surface area contributed by atoms with Gasteiger partial charge in [-0.25, -0.2) is 9.78 Å². The third-order valence-corrected chi connectivity index (χ3v) is 6.59. The van der Waals surface area contributed by atoms with Crippen LogP contribution >= 0.6 is 0 Å². The molecule has 0 radical (unpaired) electrons. The Balaban J connectivity index is 1.52. The topological polar surface area (TPSA) is 105 Å². The van der Waals surface area contributed by atoms with Crippen molar-refractivity contribution in [3.63, 3.8) is 0 Å². The number of rotatable bonds is 9. The van der Waals surface area contributed by atoms with Crippen LogP contribution in [0.3, 0.4) is 0 Å². The van der Waals surface area contributed by atoms with E-state index in [0.717, 1.165) is 24.1 Å². The lowest BCUT2D eigenvalue weighted by molar-refractivity contribution is -0.134. The summed E-state index contributed by atoms with van der Waals surface area (Å²) in [6.45, 7) is 4.45. The van der Waals surface area contributed by atoms with Gasteiger partial charge in [0, 0.05) is 44.8 Å². The monoisotopic (exact) mass is 492 g/mol. The molecule has 36 heavy (non-hydrogen) atoms. The van der Waals surface area contributed by atoms with E-state index in [4.69, 9.17) is 19.2 Å². The molecule has 1 aliphatic carbocycles. The van der Waals surface area contributed by atoms with Crippen LogP contribution in [0.25, 0.3) is 0 Å². The number of pyridine rings is 1. The number of aromatic nitrogens is 1. The van der Waals surface area contributed by atoms with Crippen molar-refractivity contribution in [1.29, 1.82) is 5.26 Å². The SMILES string of the molecule is COCCC(=O)N1CCN(c2nc(C3CC3)c(OCc3cccc(C(=O)OC)c3)cc2C#N)C[C@H]1C. The van der Waals surface area contributed by atoms with Crippen LogP contribution in [0.15, 0.2) is 30.3 Å². The van der Waals surface area contributed by atoms with Gasteiger partial charge in [-0.3, -0.25) is 4.79 Å². The van der Waals surface area contributed by atoms with Gasteiger partial charge in [-0.2, -0.15) is 5.26 Å². The molecule has 1 saturated carbocycles. The van der Waals surface area contributed by atoms with Gasteiger partial charge in [0.05, 0.1) is 37.0 Å². The standard InChI is InChI=1S/C27H32N4O5/c1-18-16-30(10-11-31(18)24(32)9-12-34-2)26-22(15-28)14-23(25(29-26)20-7-8-20)36-17-19-5-4-6-21(13-19)27(33)35-3/h4-6,13-14,18,20H,7-12,16-17H2,1-3H3/t18-/m1/s1. The van der Waals surface area contributed by atoms with Gasteiger partial charge in [0.15, 0.2) is 0 Å². The molecule has 9 nitrogen and oxygen atoms in total. The number of anilines is 1. The molecule has 1 aromatic heterocycles. The molecule has 190 valence electrons. The summed E-state index contributed by atoms with van der Waals surface area (Å²) in [5, 5.41) is 9.93. The summed E-state index contributed by atoms with van der Waals surface area (Å²) in [5.41, 5.74) is 2.59. The van der Waals surface area contributed by atoms with E-state index in [1.165, 1.54) is 7.11 Å². The highest BCUT2D eigenvalue weighted by molar-refractivity contribution is 5.89. The van der Waals surface area contributed by atoms with Gasteiger partial charge in [0.2, 0.25) is 5.91 Å². The number of carbonyl (C=O) groups is 2. The van der Waals surface area contributed by atoms with Gasteiger partial charge < -0.3 is 24.0 Å². The highest BCUT2D eigenvalue weighted by Crippen LogP contribution is 2.45.